The minimum atomic E-state index is -0.0872. The molecule has 2 rings (SSSR count). The molecule has 0 saturated carbocycles. The summed E-state index contributed by atoms with van der Waals surface area (Å²) in [6.45, 7) is 2.47. The van der Waals surface area contributed by atoms with Gasteiger partial charge >= 0.3 is 0 Å². The monoisotopic (exact) mass is 224 g/mol. The maximum atomic E-state index is 11.1. The largest absolute Gasteiger partial charge is 0.385 e. The summed E-state index contributed by atoms with van der Waals surface area (Å²) in [6.07, 6.45) is 2.03. The lowest BCUT2D eigenvalue weighted by Gasteiger charge is -2.21. The lowest BCUT2D eigenvalue weighted by atomic mass is 10.0. The molecule has 0 aliphatic carbocycles. The molecule has 0 atom stereocenters. The molecule has 1 aromatic rings. The number of hydrogen-bond donors (Lipinski definition) is 2. The van der Waals surface area contributed by atoms with E-state index < -0.39 is 0 Å². The van der Waals surface area contributed by atoms with Gasteiger partial charge in [-0.3, -0.25) is 4.79 Å². The summed E-state index contributed by atoms with van der Waals surface area (Å²) in [7, 11) is 0. The third kappa shape index (κ3) is 2.07. The van der Waals surface area contributed by atoms with E-state index in [2.05, 4.69) is 10.6 Å². The van der Waals surface area contributed by atoms with Crippen LogP contribution in [-0.2, 0) is 11.2 Å². The Morgan fingerprint density at radius 3 is 3.07 bits per heavy atom. The van der Waals surface area contributed by atoms with Crippen LogP contribution in [0.1, 0.15) is 18.9 Å². The first-order valence-electron chi connectivity index (χ1n) is 5.01. The highest BCUT2D eigenvalue weighted by Crippen LogP contribution is 2.34. The van der Waals surface area contributed by atoms with Crippen molar-refractivity contribution in [3.05, 3.63) is 22.7 Å². The van der Waals surface area contributed by atoms with Gasteiger partial charge in [0.1, 0.15) is 0 Å². The fourth-order valence-corrected chi connectivity index (χ4v) is 2.07. The summed E-state index contributed by atoms with van der Waals surface area (Å²) in [4.78, 5) is 11.1. The lowest BCUT2D eigenvalue weighted by Crippen LogP contribution is -2.16. The minimum absolute atomic E-state index is 0.0872. The van der Waals surface area contributed by atoms with E-state index >= 15 is 0 Å². The molecule has 15 heavy (non-hydrogen) atoms. The van der Waals surface area contributed by atoms with Crippen molar-refractivity contribution in [3.8, 4) is 0 Å². The van der Waals surface area contributed by atoms with Gasteiger partial charge in [-0.1, -0.05) is 11.6 Å². The van der Waals surface area contributed by atoms with Crippen LogP contribution in [0.5, 0.6) is 0 Å². The standard InChI is InChI=1S/C11H13ClN2O/c1-7(15)14-11-8-3-2-6-13-10(8)5-4-9(11)12/h4-5,13H,2-3,6H2,1H3,(H,14,15). The first kappa shape index (κ1) is 10.3. The van der Waals surface area contributed by atoms with Crippen LogP contribution in [0.2, 0.25) is 5.02 Å². The highest BCUT2D eigenvalue weighted by atomic mass is 35.5. The fraction of sp³-hybridized carbons (Fsp3) is 0.364. The molecule has 0 fully saturated rings. The summed E-state index contributed by atoms with van der Waals surface area (Å²) >= 11 is 6.06. The van der Waals surface area contributed by atoms with Crippen LogP contribution in [0, 0.1) is 0 Å². The van der Waals surface area contributed by atoms with Gasteiger partial charge in [0.05, 0.1) is 10.7 Å². The molecule has 2 N–H and O–H groups in total. The number of carbonyl (C=O) groups excluding carboxylic acids is 1. The molecule has 0 unspecified atom stereocenters. The Bertz CT molecular complexity index is 404. The molecule has 0 bridgehead atoms. The van der Waals surface area contributed by atoms with Gasteiger partial charge in [0, 0.05) is 24.7 Å². The molecule has 80 valence electrons. The summed E-state index contributed by atoms with van der Waals surface area (Å²) in [5.41, 5.74) is 2.95. The number of rotatable bonds is 1. The van der Waals surface area contributed by atoms with E-state index in [1.807, 2.05) is 12.1 Å². The van der Waals surface area contributed by atoms with Crippen molar-refractivity contribution in [1.29, 1.82) is 0 Å². The Morgan fingerprint density at radius 1 is 1.53 bits per heavy atom. The number of fused-ring (bicyclic) bond motifs is 1. The Morgan fingerprint density at radius 2 is 2.33 bits per heavy atom. The van der Waals surface area contributed by atoms with E-state index in [0.29, 0.717) is 5.02 Å². The van der Waals surface area contributed by atoms with Gasteiger partial charge in [0.25, 0.3) is 0 Å². The normalized spacial score (nSPS) is 14.0. The molecule has 0 saturated heterocycles. The first-order valence-corrected chi connectivity index (χ1v) is 5.39. The molecule has 1 aromatic carbocycles. The third-order valence-electron chi connectivity index (χ3n) is 2.48. The SMILES string of the molecule is CC(=O)Nc1c(Cl)ccc2c1CCCN2. The molecule has 1 amide bonds. The van der Waals surface area contributed by atoms with E-state index in [1.165, 1.54) is 6.92 Å². The van der Waals surface area contributed by atoms with Crippen LogP contribution < -0.4 is 10.6 Å². The Kier molecular flexibility index (Phi) is 2.82. The fourth-order valence-electron chi connectivity index (χ4n) is 1.84. The second-order valence-electron chi connectivity index (χ2n) is 3.66. The summed E-state index contributed by atoms with van der Waals surface area (Å²) in [5.74, 6) is -0.0872. The molecule has 0 aromatic heterocycles. The molecule has 1 aliphatic heterocycles. The van der Waals surface area contributed by atoms with Crippen LogP contribution in [0.15, 0.2) is 12.1 Å². The Balaban J connectivity index is 2.45. The van der Waals surface area contributed by atoms with Crippen LogP contribution >= 0.6 is 11.6 Å². The average molecular weight is 225 g/mol. The first-order chi connectivity index (χ1) is 7.18. The van der Waals surface area contributed by atoms with Crippen LogP contribution in [0.25, 0.3) is 0 Å². The van der Waals surface area contributed by atoms with Crippen LogP contribution in [0.4, 0.5) is 11.4 Å². The smallest absolute Gasteiger partial charge is 0.221 e. The molecule has 3 nitrogen and oxygen atoms in total. The molecule has 0 radical (unpaired) electrons. The van der Waals surface area contributed by atoms with Crippen LogP contribution in [-0.4, -0.2) is 12.5 Å². The van der Waals surface area contributed by atoms with Gasteiger partial charge in [-0.2, -0.15) is 0 Å². The lowest BCUT2D eigenvalue weighted by molar-refractivity contribution is -0.114. The predicted molar refractivity (Wildman–Crippen MR) is 62.6 cm³/mol. The topological polar surface area (TPSA) is 41.1 Å². The zero-order chi connectivity index (χ0) is 10.8. The van der Waals surface area contributed by atoms with E-state index in [4.69, 9.17) is 11.6 Å². The van der Waals surface area contributed by atoms with Crippen molar-refractivity contribution in [2.45, 2.75) is 19.8 Å². The maximum absolute atomic E-state index is 11.1. The highest BCUT2D eigenvalue weighted by Gasteiger charge is 2.15. The van der Waals surface area contributed by atoms with Crippen molar-refractivity contribution >= 4 is 28.9 Å². The maximum Gasteiger partial charge on any atom is 0.221 e. The second-order valence-corrected chi connectivity index (χ2v) is 4.07. The van der Waals surface area contributed by atoms with Crippen molar-refractivity contribution < 1.29 is 4.79 Å². The van der Waals surface area contributed by atoms with E-state index in [9.17, 15) is 4.79 Å². The molecule has 1 aliphatic rings. The predicted octanol–water partition coefficient (Wildman–Crippen LogP) is 2.66. The van der Waals surface area contributed by atoms with Gasteiger partial charge in [0.2, 0.25) is 5.91 Å². The summed E-state index contributed by atoms with van der Waals surface area (Å²) in [6, 6.07) is 3.77. The Hall–Kier alpha value is -1.22. The van der Waals surface area contributed by atoms with E-state index in [1.54, 1.807) is 0 Å². The van der Waals surface area contributed by atoms with Gasteiger partial charge in [-0.25, -0.2) is 0 Å². The number of nitrogens with one attached hydrogen (secondary N) is 2. The molecule has 0 spiro atoms. The van der Waals surface area contributed by atoms with Gasteiger partial charge < -0.3 is 10.6 Å². The van der Waals surface area contributed by atoms with Crippen molar-refractivity contribution in [2.24, 2.45) is 0 Å². The number of amides is 1. The third-order valence-corrected chi connectivity index (χ3v) is 2.80. The number of benzene rings is 1. The number of anilines is 2. The highest BCUT2D eigenvalue weighted by molar-refractivity contribution is 6.34. The van der Waals surface area contributed by atoms with Gasteiger partial charge in [0.15, 0.2) is 0 Å². The van der Waals surface area contributed by atoms with E-state index in [-0.39, 0.29) is 5.91 Å². The van der Waals surface area contributed by atoms with Crippen molar-refractivity contribution in [1.82, 2.24) is 0 Å². The zero-order valence-corrected chi connectivity index (χ0v) is 9.32. The van der Waals surface area contributed by atoms with Gasteiger partial charge in [-0.05, 0) is 25.0 Å². The Labute approximate surface area is 93.8 Å². The van der Waals surface area contributed by atoms with Crippen LogP contribution in [0.3, 0.4) is 0 Å². The molecular weight excluding hydrogens is 212 g/mol. The summed E-state index contributed by atoms with van der Waals surface area (Å²) < 4.78 is 0. The second kappa shape index (κ2) is 4.11. The number of hydrogen-bond acceptors (Lipinski definition) is 2. The number of halogens is 1. The summed E-state index contributed by atoms with van der Waals surface area (Å²) in [5, 5.41) is 6.69. The zero-order valence-electron chi connectivity index (χ0n) is 8.56. The minimum Gasteiger partial charge on any atom is -0.385 e. The molecule has 4 heteroatoms. The quantitative estimate of drug-likeness (QED) is 0.770. The number of carbonyl (C=O) groups is 1. The van der Waals surface area contributed by atoms with Gasteiger partial charge in [-0.15, -0.1) is 0 Å². The average Bonchev–Trinajstić information content (AvgIpc) is 2.22. The molecule has 1 heterocycles. The van der Waals surface area contributed by atoms with Crippen molar-refractivity contribution in [2.75, 3.05) is 17.2 Å². The van der Waals surface area contributed by atoms with Crippen molar-refractivity contribution in [3.63, 3.8) is 0 Å². The van der Waals surface area contributed by atoms with E-state index in [0.717, 1.165) is 36.3 Å². The molecular formula is C11H13ClN2O.